The Morgan fingerprint density at radius 1 is 1.15 bits per heavy atom. The molecule has 2 saturated heterocycles. The molecule has 144 valence electrons. The van der Waals surface area contributed by atoms with E-state index in [-0.39, 0.29) is 6.03 Å². The van der Waals surface area contributed by atoms with Crippen molar-refractivity contribution >= 4 is 23.3 Å². The predicted molar refractivity (Wildman–Crippen MR) is 108 cm³/mol. The van der Waals surface area contributed by atoms with Crippen LogP contribution in [0.3, 0.4) is 0 Å². The van der Waals surface area contributed by atoms with Gasteiger partial charge in [-0.1, -0.05) is 18.5 Å². The minimum Gasteiger partial charge on any atom is -0.371 e. The highest BCUT2D eigenvalue weighted by atomic mass is 35.5. The molecule has 2 aliphatic heterocycles. The molecule has 1 aromatic carbocycles. The summed E-state index contributed by atoms with van der Waals surface area (Å²) in [6.45, 7) is 9.04. The third-order valence-electron chi connectivity index (χ3n) is 5.48. The molecule has 2 fully saturated rings. The molecular weight excluding hydrogens is 348 g/mol. The monoisotopic (exact) mass is 378 g/mol. The molecule has 2 amide bonds. The molecule has 2 N–H and O–H groups in total. The van der Waals surface area contributed by atoms with Crippen LogP contribution >= 0.6 is 11.6 Å². The summed E-state index contributed by atoms with van der Waals surface area (Å²) in [5.41, 5.74) is 1.21. The van der Waals surface area contributed by atoms with Gasteiger partial charge in [-0.3, -0.25) is 0 Å². The lowest BCUT2D eigenvalue weighted by atomic mass is 10.0. The first kappa shape index (κ1) is 19.3. The molecular formula is C20H31ClN4O. The molecule has 0 unspecified atom stereocenters. The van der Waals surface area contributed by atoms with Crippen molar-refractivity contribution in [1.82, 2.24) is 15.5 Å². The number of amides is 2. The quantitative estimate of drug-likeness (QED) is 0.799. The first-order chi connectivity index (χ1) is 12.6. The third-order valence-corrected chi connectivity index (χ3v) is 5.74. The standard InChI is InChI=1S/C20H31ClN4O/c1-16-3-2-10-24(14-16)12-9-22-20(26)23-13-17-8-11-25(15-17)19-6-4-18(21)5-7-19/h4-7,16-17H,2-3,8-15H2,1H3,(H2,22,23,26)/t16-,17-/m1/s1. The Labute approximate surface area is 162 Å². The molecule has 2 atom stereocenters. The number of carbonyl (C=O) groups excluding carboxylic acids is 1. The molecule has 0 aliphatic carbocycles. The summed E-state index contributed by atoms with van der Waals surface area (Å²) in [4.78, 5) is 16.8. The van der Waals surface area contributed by atoms with Crippen LogP contribution in [0.4, 0.5) is 10.5 Å². The van der Waals surface area contributed by atoms with Crippen molar-refractivity contribution in [2.75, 3.05) is 50.7 Å². The van der Waals surface area contributed by atoms with Gasteiger partial charge in [-0.15, -0.1) is 0 Å². The Balaban J connectivity index is 1.30. The number of nitrogens with one attached hydrogen (secondary N) is 2. The number of halogens is 1. The van der Waals surface area contributed by atoms with Gasteiger partial charge in [0.2, 0.25) is 0 Å². The fourth-order valence-corrected chi connectivity index (χ4v) is 4.13. The average Bonchev–Trinajstić information content (AvgIpc) is 3.10. The third kappa shape index (κ3) is 5.78. The van der Waals surface area contributed by atoms with Crippen LogP contribution < -0.4 is 15.5 Å². The zero-order chi connectivity index (χ0) is 18.4. The maximum absolute atomic E-state index is 12.0. The number of benzene rings is 1. The molecule has 3 rings (SSSR count). The molecule has 0 aromatic heterocycles. The van der Waals surface area contributed by atoms with Crippen LogP contribution in [-0.2, 0) is 0 Å². The van der Waals surface area contributed by atoms with E-state index >= 15 is 0 Å². The highest BCUT2D eigenvalue weighted by molar-refractivity contribution is 6.30. The lowest BCUT2D eigenvalue weighted by Gasteiger charge is -2.30. The Bertz CT molecular complexity index is 580. The van der Waals surface area contributed by atoms with Gasteiger partial charge in [-0.05, 0) is 61.9 Å². The fraction of sp³-hybridized carbons (Fsp3) is 0.650. The molecule has 26 heavy (non-hydrogen) atoms. The number of rotatable bonds is 6. The molecule has 0 saturated carbocycles. The van der Waals surface area contributed by atoms with Gasteiger partial charge in [0, 0.05) is 50.0 Å². The Hall–Kier alpha value is -1.46. The Morgan fingerprint density at radius 3 is 2.73 bits per heavy atom. The predicted octanol–water partition coefficient (Wildman–Crippen LogP) is 3.20. The van der Waals surface area contributed by atoms with E-state index in [0.717, 1.165) is 63.2 Å². The Kier molecular flexibility index (Phi) is 7.03. The zero-order valence-electron chi connectivity index (χ0n) is 15.7. The highest BCUT2D eigenvalue weighted by Gasteiger charge is 2.23. The second-order valence-corrected chi connectivity index (χ2v) is 8.20. The van der Waals surface area contributed by atoms with Crippen LogP contribution in [0.1, 0.15) is 26.2 Å². The molecule has 1 aromatic rings. The second-order valence-electron chi connectivity index (χ2n) is 7.76. The normalized spacial score (nSPS) is 23.8. The van der Waals surface area contributed by atoms with E-state index in [9.17, 15) is 4.79 Å². The molecule has 0 radical (unpaired) electrons. The minimum atomic E-state index is -0.0417. The lowest BCUT2D eigenvalue weighted by molar-refractivity contribution is 0.183. The van der Waals surface area contributed by atoms with E-state index in [1.807, 2.05) is 12.1 Å². The van der Waals surface area contributed by atoms with Gasteiger partial charge >= 0.3 is 6.03 Å². The van der Waals surface area contributed by atoms with Crippen LogP contribution in [0.25, 0.3) is 0 Å². The van der Waals surface area contributed by atoms with Gasteiger partial charge in [-0.25, -0.2) is 4.79 Å². The van der Waals surface area contributed by atoms with Crippen molar-refractivity contribution in [1.29, 1.82) is 0 Å². The molecule has 0 bridgehead atoms. The van der Waals surface area contributed by atoms with Crippen molar-refractivity contribution in [2.45, 2.75) is 26.2 Å². The molecule has 2 heterocycles. The van der Waals surface area contributed by atoms with Crippen molar-refractivity contribution in [2.24, 2.45) is 11.8 Å². The van der Waals surface area contributed by atoms with Crippen LogP contribution in [0, 0.1) is 11.8 Å². The van der Waals surface area contributed by atoms with Gasteiger partial charge in [0.25, 0.3) is 0 Å². The van der Waals surface area contributed by atoms with Crippen molar-refractivity contribution in [3.63, 3.8) is 0 Å². The van der Waals surface area contributed by atoms with Crippen LogP contribution in [0.15, 0.2) is 24.3 Å². The summed E-state index contributed by atoms with van der Waals surface area (Å²) in [5.74, 6) is 1.28. The number of likely N-dealkylation sites (tertiary alicyclic amines) is 1. The lowest BCUT2D eigenvalue weighted by Crippen LogP contribution is -2.44. The van der Waals surface area contributed by atoms with Crippen molar-refractivity contribution < 1.29 is 4.79 Å². The second kappa shape index (κ2) is 9.47. The van der Waals surface area contributed by atoms with Gasteiger partial charge in [0.15, 0.2) is 0 Å². The summed E-state index contributed by atoms with van der Waals surface area (Å²) in [6, 6.07) is 7.94. The fourth-order valence-electron chi connectivity index (χ4n) is 4.00. The van der Waals surface area contributed by atoms with Gasteiger partial charge in [0.05, 0.1) is 0 Å². The number of piperidine rings is 1. The van der Waals surface area contributed by atoms with E-state index in [2.05, 4.69) is 39.5 Å². The summed E-state index contributed by atoms with van der Waals surface area (Å²) in [6.07, 6.45) is 3.71. The molecule has 0 spiro atoms. The largest absolute Gasteiger partial charge is 0.371 e. The van der Waals surface area contributed by atoms with Gasteiger partial charge in [-0.2, -0.15) is 0 Å². The van der Waals surface area contributed by atoms with Crippen molar-refractivity contribution in [3.05, 3.63) is 29.3 Å². The summed E-state index contributed by atoms with van der Waals surface area (Å²) in [5, 5.41) is 6.80. The minimum absolute atomic E-state index is 0.0417. The van der Waals surface area contributed by atoms with Gasteiger partial charge in [0.1, 0.15) is 0 Å². The first-order valence-electron chi connectivity index (χ1n) is 9.84. The SMILES string of the molecule is C[C@@H]1CCCN(CCNC(=O)NC[C@H]2CCN(c3ccc(Cl)cc3)C2)C1. The average molecular weight is 379 g/mol. The smallest absolute Gasteiger partial charge is 0.314 e. The number of urea groups is 1. The topological polar surface area (TPSA) is 47.6 Å². The van der Waals surface area contributed by atoms with Crippen molar-refractivity contribution in [3.8, 4) is 0 Å². The first-order valence-corrected chi connectivity index (χ1v) is 10.2. The van der Waals surface area contributed by atoms with E-state index in [4.69, 9.17) is 11.6 Å². The number of hydrogen-bond acceptors (Lipinski definition) is 3. The van der Waals surface area contributed by atoms with Crippen LogP contribution in [-0.4, -0.2) is 56.7 Å². The van der Waals surface area contributed by atoms with Crippen LogP contribution in [0.5, 0.6) is 0 Å². The Morgan fingerprint density at radius 2 is 1.96 bits per heavy atom. The zero-order valence-corrected chi connectivity index (χ0v) is 16.5. The van der Waals surface area contributed by atoms with E-state index in [1.165, 1.54) is 18.5 Å². The maximum Gasteiger partial charge on any atom is 0.314 e. The van der Waals surface area contributed by atoms with Crippen LogP contribution in [0.2, 0.25) is 5.02 Å². The molecule has 5 nitrogen and oxygen atoms in total. The van der Waals surface area contributed by atoms with E-state index < -0.39 is 0 Å². The maximum atomic E-state index is 12.0. The number of anilines is 1. The highest BCUT2D eigenvalue weighted by Crippen LogP contribution is 2.24. The summed E-state index contributed by atoms with van der Waals surface area (Å²) in [7, 11) is 0. The number of hydrogen-bond donors (Lipinski definition) is 2. The van der Waals surface area contributed by atoms with E-state index in [0.29, 0.717) is 5.92 Å². The number of nitrogens with zero attached hydrogens (tertiary/aromatic N) is 2. The van der Waals surface area contributed by atoms with E-state index in [1.54, 1.807) is 0 Å². The molecule has 2 aliphatic rings. The van der Waals surface area contributed by atoms with Gasteiger partial charge < -0.3 is 20.4 Å². The molecule has 6 heteroatoms. The summed E-state index contributed by atoms with van der Waals surface area (Å²) < 4.78 is 0. The summed E-state index contributed by atoms with van der Waals surface area (Å²) >= 11 is 5.95. The number of carbonyl (C=O) groups is 1.